The maximum absolute atomic E-state index is 5.26. The summed E-state index contributed by atoms with van der Waals surface area (Å²) in [4.78, 5) is 0. The summed E-state index contributed by atoms with van der Waals surface area (Å²) in [5, 5.41) is -1.00. The maximum Gasteiger partial charge on any atom is 0.0779 e. The van der Waals surface area contributed by atoms with Gasteiger partial charge in [-0.25, -0.2) is 0 Å². The molecule has 1 heterocycles. The second-order valence-corrected chi connectivity index (χ2v) is 15.1. The largest absolute Gasteiger partial charge is 0.119 e. The van der Waals surface area contributed by atoms with E-state index < -0.39 is 5.21 Å². The van der Waals surface area contributed by atoms with Crippen molar-refractivity contribution < 1.29 is 0 Å². The molecule has 1 unspecified atom stereocenters. The molecule has 0 aromatic rings. The van der Waals surface area contributed by atoms with Crippen molar-refractivity contribution in [2.24, 2.45) is 0 Å². The van der Waals surface area contributed by atoms with Crippen molar-refractivity contribution in [3.05, 3.63) is 0 Å². The Kier molecular flexibility index (Phi) is 3.32. The van der Waals surface area contributed by atoms with Crippen LogP contribution in [0.5, 0.6) is 0 Å². The van der Waals surface area contributed by atoms with E-state index in [0.29, 0.717) is 0 Å². The van der Waals surface area contributed by atoms with Crippen molar-refractivity contribution in [1.82, 2.24) is 0 Å². The number of hydrogen-bond donors (Lipinski definition) is 0. The summed E-state index contributed by atoms with van der Waals surface area (Å²) in [6.07, 6.45) is 6.33. The molecule has 1 atom stereocenters. The van der Waals surface area contributed by atoms with Gasteiger partial charge in [-0.1, -0.05) is 27.5 Å². The zero-order valence-electron chi connectivity index (χ0n) is 5.11. The zero-order chi connectivity index (χ0) is 7.61. The maximum atomic E-state index is 5.26. The van der Waals surface area contributed by atoms with Crippen LogP contribution in [0.2, 0.25) is 0 Å². The van der Waals surface area contributed by atoms with Gasteiger partial charge in [0, 0.05) is 11.0 Å². The van der Waals surface area contributed by atoms with Gasteiger partial charge >= 0.3 is 0 Å². The summed E-state index contributed by atoms with van der Waals surface area (Å²) in [6.45, 7) is 0. The molecule has 0 N–H and O–H groups in total. The van der Waals surface area contributed by atoms with Crippen LogP contribution >= 0.6 is 21.6 Å². The van der Waals surface area contributed by atoms with Crippen molar-refractivity contribution in [3.63, 3.8) is 0 Å². The Balaban J connectivity index is 2.67. The van der Waals surface area contributed by atoms with Gasteiger partial charge in [-0.15, -0.1) is 6.42 Å². The second kappa shape index (κ2) is 3.63. The first kappa shape index (κ1) is 9.14. The molecule has 56 valence electrons. The van der Waals surface area contributed by atoms with E-state index in [4.69, 9.17) is 28.8 Å². The van der Waals surface area contributed by atoms with E-state index in [2.05, 4.69) is 5.92 Å². The summed E-state index contributed by atoms with van der Waals surface area (Å²) in [5.41, 5.74) is 0. The summed E-state index contributed by atoms with van der Waals surface area (Å²) >= 11 is 10.3. The predicted molar refractivity (Wildman–Crippen MR) is 59.4 cm³/mol. The fourth-order valence-electron chi connectivity index (χ4n) is 0.586. The lowest BCUT2D eigenvalue weighted by Crippen LogP contribution is -2.09. The van der Waals surface area contributed by atoms with Crippen LogP contribution in [0.4, 0.5) is 0 Å². The van der Waals surface area contributed by atoms with Crippen molar-refractivity contribution in [2.45, 2.75) is 11.7 Å². The monoisotopic (exact) mass is 226 g/mol. The van der Waals surface area contributed by atoms with Gasteiger partial charge in [-0.3, -0.25) is 0 Å². The third-order valence-electron chi connectivity index (χ3n) is 1.03. The third-order valence-corrected chi connectivity index (χ3v) is 10.0. The van der Waals surface area contributed by atoms with Crippen LogP contribution in [0, 0.1) is 12.3 Å². The van der Waals surface area contributed by atoms with E-state index in [1.54, 1.807) is 21.6 Å². The van der Waals surface area contributed by atoms with Gasteiger partial charge in [0.15, 0.2) is 0 Å². The summed E-state index contributed by atoms with van der Waals surface area (Å²) in [5.74, 6) is 3.74. The summed E-state index contributed by atoms with van der Waals surface area (Å²) in [6, 6.07) is 0. The first-order chi connectivity index (χ1) is 4.64. The molecule has 1 fully saturated rings. The zero-order valence-corrected chi connectivity index (χ0v) is 9.19. The van der Waals surface area contributed by atoms with Crippen LogP contribution in [0.25, 0.3) is 0 Å². The lowest BCUT2D eigenvalue weighted by Gasteiger charge is -2.19. The van der Waals surface area contributed by atoms with E-state index in [-0.39, 0.29) is 5.25 Å². The minimum absolute atomic E-state index is 0.284. The molecule has 0 bridgehead atoms. The van der Waals surface area contributed by atoms with Gasteiger partial charge in [0.25, 0.3) is 0 Å². The topological polar surface area (TPSA) is 0 Å². The molecule has 1 aliphatic rings. The summed E-state index contributed by atoms with van der Waals surface area (Å²) < 4.78 is 0. The average Bonchev–Trinajstić information content (AvgIpc) is 1.86. The standard InChI is InChI=1S/C5H6S5/c1-2-5-3-4-8-10(6,7)9-5/h1,5H,3-4H2. The molecule has 1 saturated heterocycles. The molecule has 0 spiro atoms. The highest BCUT2D eigenvalue weighted by Crippen LogP contribution is 2.38. The van der Waals surface area contributed by atoms with Crippen LogP contribution in [0.3, 0.4) is 0 Å². The predicted octanol–water partition coefficient (Wildman–Crippen LogP) is 1.77. The van der Waals surface area contributed by atoms with E-state index in [1.807, 2.05) is 0 Å². The lowest BCUT2D eigenvalue weighted by atomic mass is 10.3. The van der Waals surface area contributed by atoms with Gasteiger partial charge in [0.05, 0.1) is 5.25 Å². The smallest absolute Gasteiger partial charge is 0.0779 e. The average molecular weight is 226 g/mol. The van der Waals surface area contributed by atoms with Crippen LogP contribution in [-0.2, 0) is 27.6 Å². The van der Waals surface area contributed by atoms with Gasteiger partial charge in [-0.05, 0) is 28.8 Å². The normalized spacial score (nSPS) is 30.9. The van der Waals surface area contributed by atoms with Gasteiger partial charge in [-0.2, -0.15) is 0 Å². The lowest BCUT2D eigenvalue weighted by molar-refractivity contribution is 1.02. The first-order valence-electron chi connectivity index (χ1n) is 2.68. The van der Waals surface area contributed by atoms with Crippen molar-refractivity contribution in [1.29, 1.82) is 0 Å². The van der Waals surface area contributed by atoms with E-state index in [1.165, 1.54) is 0 Å². The van der Waals surface area contributed by atoms with Gasteiger partial charge < -0.3 is 0 Å². The molecular weight excluding hydrogens is 220 g/mol. The molecule has 0 nitrogen and oxygen atoms in total. The fourth-order valence-corrected chi connectivity index (χ4v) is 9.16. The minimum atomic E-state index is -1.29. The molecule has 1 aliphatic heterocycles. The molecule has 1 rings (SSSR count). The third kappa shape index (κ3) is 2.59. The fraction of sp³-hybridized carbons (Fsp3) is 0.600. The second-order valence-electron chi connectivity index (χ2n) is 1.77. The molecule has 0 saturated carbocycles. The Morgan fingerprint density at radius 2 is 2.30 bits per heavy atom. The Labute approximate surface area is 78.5 Å². The summed E-state index contributed by atoms with van der Waals surface area (Å²) in [7, 11) is 3.35. The quantitative estimate of drug-likeness (QED) is 0.456. The Hall–Kier alpha value is 1.05. The van der Waals surface area contributed by atoms with Crippen LogP contribution in [0.1, 0.15) is 6.42 Å². The molecule has 5 heteroatoms. The van der Waals surface area contributed by atoms with Crippen LogP contribution in [0.15, 0.2) is 0 Å². The van der Waals surface area contributed by atoms with Crippen LogP contribution < -0.4 is 0 Å². The Bertz CT molecular complexity index is 244. The number of rotatable bonds is 0. The van der Waals surface area contributed by atoms with Gasteiger partial charge in [0.1, 0.15) is 0 Å². The molecule has 0 aliphatic carbocycles. The molecular formula is C5H6S5. The minimum Gasteiger partial charge on any atom is -0.119 e. The number of terminal acetylenes is 1. The molecule has 0 aromatic carbocycles. The Morgan fingerprint density at radius 3 is 2.70 bits per heavy atom. The van der Waals surface area contributed by atoms with Crippen molar-refractivity contribution in [2.75, 3.05) is 5.75 Å². The highest BCUT2D eigenvalue weighted by atomic mass is 33.8. The van der Waals surface area contributed by atoms with Crippen LogP contribution in [-0.4, -0.2) is 11.0 Å². The highest BCUT2D eigenvalue weighted by molar-refractivity contribution is 9.24. The number of hydrogen-bond acceptors (Lipinski definition) is 4. The first-order valence-corrected chi connectivity index (χ1v) is 9.06. The van der Waals surface area contributed by atoms with E-state index >= 15 is 0 Å². The molecule has 0 amide bonds. The van der Waals surface area contributed by atoms with E-state index in [0.717, 1.165) is 12.2 Å². The van der Waals surface area contributed by atoms with Crippen molar-refractivity contribution in [3.8, 4) is 12.3 Å². The van der Waals surface area contributed by atoms with E-state index in [9.17, 15) is 0 Å². The highest BCUT2D eigenvalue weighted by Gasteiger charge is 2.18. The molecule has 10 heavy (non-hydrogen) atoms. The molecule has 0 radical (unpaired) electrons. The van der Waals surface area contributed by atoms with Crippen molar-refractivity contribution >= 4 is 49.2 Å². The Morgan fingerprint density at radius 1 is 1.60 bits per heavy atom. The van der Waals surface area contributed by atoms with Gasteiger partial charge in [0.2, 0.25) is 0 Å². The SMILES string of the molecule is C#CC1CCSS(=S)(=S)S1. The molecule has 0 aromatic heterocycles.